The van der Waals surface area contributed by atoms with E-state index in [9.17, 15) is 4.79 Å². The van der Waals surface area contributed by atoms with E-state index in [1.165, 1.54) is 0 Å². The molecule has 1 unspecified atom stereocenters. The van der Waals surface area contributed by atoms with Crippen molar-refractivity contribution in [2.24, 2.45) is 0 Å². The largest absolute Gasteiger partial charge is 0.444 e. The first-order chi connectivity index (χ1) is 6.18. The van der Waals surface area contributed by atoms with Gasteiger partial charge in [0.1, 0.15) is 6.10 Å². The van der Waals surface area contributed by atoms with Crippen molar-refractivity contribution in [3.05, 3.63) is 0 Å². The molecule has 2 fully saturated rings. The third-order valence-corrected chi connectivity index (χ3v) is 2.57. The number of ether oxygens (including phenoxy) is 2. The van der Waals surface area contributed by atoms with E-state index in [1.807, 2.05) is 6.92 Å². The Morgan fingerprint density at radius 3 is 2.92 bits per heavy atom. The van der Waals surface area contributed by atoms with E-state index >= 15 is 0 Å². The van der Waals surface area contributed by atoms with Crippen LogP contribution in [0, 0.1) is 0 Å². The fourth-order valence-electron chi connectivity index (χ4n) is 1.35. The third-order valence-electron chi connectivity index (χ3n) is 2.57. The number of carbonyl (C=O) groups is 1. The van der Waals surface area contributed by atoms with Crippen molar-refractivity contribution < 1.29 is 14.3 Å². The molecule has 13 heavy (non-hydrogen) atoms. The second-order valence-corrected chi connectivity index (χ2v) is 4.08. The Balaban J connectivity index is 1.71. The van der Waals surface area contributed by atoms with Gasteiger partial charge in [-0.2, -0.15) is 0 Å². The third kappa shape index (κ3) is 2.34. The smallest absolute Gasteiger partial charge is 0.407 e. The molecule has 0 spiro atoms. The van der Waals surface area contributed by atoms with Crippen molar-refractivity contribution in [3.63, 3.8) is 0 Å². The van der Waals surface area contributed by atoms with E-state index in [1.54, 1.807) is 0 Å². The monoisotopic (exact) mass is 185 g/mol. The number of nitrogens with one attached hydrogen (secondary N) is 1. The van der Waals surface area contributed by atoms with Gasteiger partial charge >= 0.3 is 6.09 Å². The van der Waals surface area contributed by atoms with Gasteiger partial charge in [-0.3, -0.25) is 0 Å². The average Bonchev–Trinajstić information content (AvgIpc) is 2.61. The summed E-state index contributed by atoms with van der Waals surface area (Å²) in [6, 6.07) is 0. The summed E-state index contributed by atoms with van der Waals surface area (Å²) in [7, 11) is 0. The minimum Gasteiger partial charge on any atom is -0.444 e. The van der Waals surface area contributed by atoms with E-state index in [-0.39, 0.29) is 17.7 Å². The summed E-state index contributed by atoms with van der Waals surface area (Å²) in [6.45, 7) is 3.28. The Hall–Kier alpha value is -0.770. The highest BCUT2D eigenvalue weighted by Crippen LogP contribution is 2.34. The number of rotatable bonds is 2. The first-order valence-electron chi connectivity index (χ1n) is 4.74. The molecule has 1 saturated heterocycles. The van der Waals surface area contributed by atoms with E-state index in [4.69, 9.17) is 9.47 Å². The van der Waals surface area contributed by atoms with Crippen LogP contribution in [-0.2, 0) is 9.47 Å². The zero-order chi connectivity index (χ0) is 9.31. The molecule has 0 radical (unpaired) electrons. The molecule has 1 N–H and O–H groups in total. The number of alkyl carbamates (subject to hydrolysis) is 1. The van der Waals surface area contributed by atoms with E-state index in [0.29, 0.717) is 13.2 Å². The lowest BCUT2D eigenvalue weighted by Gasteiger charge is -2.14. The van der Waals surface area contributed by atoms with Crippen LogP contribution in [0.2, 0.25) is 0 Å². The normalized spacial score (nSPS) is 29.8. The lowest BCUT2D eigenvalue weighted by molar-refractivity contribution is 0.0806. The lowest BCUT2D eigenvalue weighted by atomic mass is 10.3. The maximum atomic E-state index is 11.3. The molecule has 1 saturated carbocycles. The first-order valence-corrected chi connectivity index (χ1v) is 4.74. The second-order valence-electron chi connectivity index (χ2n) is 4.08. The molecule has 2 aliphatic rings. The van der Waals surface area contributed by atoms with Crippen molar-refractivity contribution in [2.45, 2.75) is 37.8 Å². The van der Waals surface area contributed by atoms with Gasteiger partial charge in [0.25, 0.3) is 0 Å². The van der Waals surface area contributed by atoms with Gasteiger partial charge in [-0.05, 0) is 19.8 Å². The summed E-state index contributed by atoms with van der Waals surface area (Å²) >= 11 is 0. The summed E-state index contributed by atoms with van der Waals surface area (Å²) in [5, 5.41) is 2.84. The van der Waals surface area contributed by atoms with Crippen LogP contribution in [0.1, 0.15) is 26.2 Å². The van der Waals surface area contributed by atoms with Crippen molar-refractivity contribution in [3.8, 4) is 0 Å². The summed E-state index contributed by atoms with van der Waals surface area (Å²) in [4.78, 5) is 11.3. The molecule has 0 aromatic heterocycles. The predicted octanol–water partition coefficient (Wildman–Crippen LogP) is 1.05. The molecule has 1 atom stereocenters. The highest BCUT2D eigenvalue weighted by molar-refractivity contribution is 5.69. The van der Waals surface area contributed by atoms with Crippen LogP contribution >= 0.6 is 0 Å². The Morgan fingerprint density at radius 2 is 2.38 bits per heavy atom. The average molecular weight is 185 g/mol. The van der Waals surface area contributed by atoms with Crippen molar-refractivity contribution in [1.82, 2.24) is 5.32 Å². The summed E-state index contributed by atoms with van der Waals surface area (Å²) in [5.74, 6) is 0. The van der Waals surface area contributed by atoms with Crippen LogP contribution in [0.5, 0.6) is 0 Å². The number of amides is 1. The molecule has 1 heterocycles. The minimum absolute atomic E-state index is 0.0105. The molecule has 0 bridgehead atoms. The Labute approximate surface area is 77.6 Å². The van der Waals surface area contributed by atoms with Gasteiger partial charge in [0.05, 0.1) is 13.2 Å². The van der Waals surface area contributed by atoms with Crippen LogP contribution in [0.4, 0.5) is 4.79 Å². The van der Waals surface area contributed by atoms with E-state index in [2.05, 4.69) is 5.32 Å². The van der Waals surface area contributed by atoms with Gasteiger partial charge in [-0.15, -0.1) is 0 Å². The molecular formula is C9H15NO3. The first kappa shape index (κ1) is 8.81. The predicted molar refractivity (Wildman–Crippen MR) is 46.5 cm³/mol. The highest BCUT2D eigenvalue weighted by Gasteiger charge is 2.39. The standard InChI is InChI=1S/C9H15NO3/c1-9(3-4-9)10-8(11)13-7-2-5-12-6-7/h7H,2-6H2,1H3,(H,10,11). The Bertz CT molecular complexity index is 207. The zero-order valence-corrected chi connectivity index (χ0v) is 7.84. The molecule has 4 heteroatoms. The summed E-state index contributed by atoms with van der Waals surface area (Å²) < 4.78 is 10.3. The zero-order valence-electron chi connectivity index (χ0n) is 7.84. The van der Waals surface area contributed by atoms with Gasteiger partial charge in [0.2, 0.25) is 0 Å². The highest BCUT2D eigenvalue weighted by atomic mass is 16.6. The maximum absolute atomic E-state index is 11.3. The van der Waals surface area contributed by atoms with Crippen LogP contribution < -0.4 is 5.32 Å². The Kier molecular flexibility index (Phi) is 2.15. The fourth-order valence-corrected chi connectivity index (χ4v) is 1.35. The molecule has 0 aromatic rings. The maximum Gasteiger partial charge on any atom is 0.407 e. The van der Waals surface area contributed by atoms with E-state index < -0.39 is 0 Å². The van der Waals surface area contributed by atoms with Crippen molar-refractivity contribution >= 4 is 6.09 Å². The van der Waals surface area contributed by atoms with Gasteiger partial charge in [0.15, 0.2) is 0 Å². The molecule has 1 aliphatic heterocycles. The molecule has 0 aromatic carbocycles. The molecule has 74 valence electrons. The minimum atomic E-state index is -0.296. The van der Waals surface area contributed by atoms with E-state index in [0.717, 1.165) is 19.3 Å². The van der Waals surface area contributed by atoms with Gasteiger partial charge in [0, 0.05) is 12.0 Å². The topological polar surface area (TPSA) is 47.6 Å². The summed E-state index contributed by atoms with van der Waals surface area (Å²) in [6.07, 6.45) is 2.61. The van der Waals surface area contributed by atoms with Crippen LogP contribution in [0.3, 0.4) is 0 Å². The summed E-state index contributed by atoms with van der Waals surface area (Å²) in [5.41, 5.74) is 0.0105. The van der Waals surface area contributed by atoms with Crippen molar-refractivity contribution in [2.75, 3.05) is 13.2 Å². The Morgan fingerprint density at radius 1 is 1.62 bits per heavy atom. The van der Waals surface area contributed by atoms with Crippen molar-refractivity contribution in [1.29, 1.82) is 0 Å². The quantitative estimate of drug-likeness (QED) is 0.699. The number of carbonyl (C=O) groups excluding carboxylic acids is 1. The van der Waals surface area contributed by atoms with Crippen LogP contribution in [0.25, 0.3) is 0 Å². The second kappa shape index (κ2) is 3.18. The lowest BCUT2D eigenvalue weighted by Crippen LogP contribution is -2.37. The van der Waals surface area contributed by atoms with Gasteiger partial charge in [-0.1, -0.05) is 0 Å². The van der Waals surface area contributed by atoms with Gasteiger partial charge < -0.3 is 14.8 Å². The van der Waals surface area contributed by atoms with Crippen LogP contribution in [-0.4, -0.2) is 30.9 Å². The molecule has 1 aliphatic carbocycles. The SMILES string of the molecule is CC1(NC(=O)OC2CCOC2)CC1. The molecule has 4 nitrogen and oxygen atoms in total. The molecule has 2 rings (SSSR count). The fraction of sp³-hybridized carbons (Fsp3) is 0.889. The van der Waals surface area contributed by atoms with Gasteiger partial charge in [-0.25, -0.2) is 4.79 Å². The number of hydrogen-bond donors (Lipinski definition) is 1. The molecular weight excluding hydrogens is 170 g/mol. The van der Waals surface area contributed by atoms with Crippen LogP contribution in [0.15, 0.2) is 0 Å². The number of hydrogen-bond acceptors (Lipinski definition) is 3. The molecule has 1 amide bonds.